The van der Waals surface area contributed by atoms with Gasteiger partial charge in [-0.15, -0.1) is 0 Å². The predicted molar refractivity (Wildman–Crippen MR) is 67.4 cm³/mol. The smallest absolute Gasteiger partial charge is 0.272 e. The number of carboxylic acids is 1. The van der Waals surface area contributed by atoms with Crippen molar-refractivity contribution in [2.45, 2.75) is 16.3 Å². The molecule has 0 fully saturated rings. The highest BCUT2D eigenvalue weighted by Gasteiger charge is 2.32. The summed E-state index contributed by atoms with van der Waals surface area (Å²) < 4.78 is -2.20. The molecule has 0 unspecified atom stereocenters. The Morgan fingerprint density at radius 1 is 1.22 bits per heavy atom. The molecular formula is C11H9Cl3NO3-. The molecule has 0 aliphatic heterocycles. The largest absolute Gasteiger partial charge is 0.548 e. The normalized spacial score (nSPS) is 12.8. The van der Waals surface area contributed by atoms with Crippen LogP contribution in [0.25, 0.3) is 0 Å². The van der Waals surface area contributed by atoms with Crippen LogP contribution >= 0.6 is 34.8 Å². The van der Waals surface area contributed by atoms with Crippen LogP contribution in [0.3, 0.4) is 0 Å². The molecule has 0 aliphatic carbocycles. The minimum atomic E-state index is -2.20. The third-order valence-corrected chi connectivity index (χ3v) is 2.64. The van der Waals surface area contributed by atoms with Gasteiger partial charge in [0, 0.05) is 0 Å². The van der Waals surface area contributed by atoms with Crippen LogP contribution in [0.1, 0.15) is 5.56 Å². The monoisotopic (exact) mass is 308 g/mol. The molecule has 0 aromatic heterocycles. The second kappa shape index (κ2) is 6.27. The molecule has 18 heavy (non-hydrogen) atoms. The molecule has 4 nitrogen and oxygen atoms in total. The number of hydrogen-bond acceptors (Lipinski definition) is 3. The average molecular weight is 310 g/mol. The van der Waals surface area contributed by atoms with E-state index in [0.29, 0.717) is 0 Å². The van der Waals surface area contributed by atoms with Crippen molar-refractivity contribution in [3.63, 3.8) is 0 Å². The lowest BCUT2D eigenvalue weighted by atomic mass is 10.1. The van der Waals surface area contributed by atoms with E-state index < -0.39 is 21.7 Å². The number of benzene rings is 1. The summed E-state index contributed by atoms with van der Waals surface area (Å²) in [7, 11) is 0. The number of alkyl halides is 3. The van der Waals surface area contributed by atoms with Crippen molar-refractivity contribution >= 4 is 46.7 Å². The molecule has 1 rings (SSSR count). The van der Waals surface area contributed by atoms with Crippen LogP contribution in [-0.2, 0) is 16.0 Å². The van der Waals surface area contributed by atoms with Gasteiger partial charge in [0.15, 0.2) is 0 Å². The summed E-state index contributed by atoms with van der Waals surface area (Å²) in [6.45, 7) is 0. The van der Waals surface area contributed by atoms with Gasteiger partial charge < -0.3 is 15.2 Å². The zero-order chi connectivity index (χ0) is 13.8. The van der Waals surface area contributed by atoms with Crippen molar-refractivity contribution < 1.29 is 14.7 Å². The number of aliphatic carboxylic acids is 1. The van der Waals surface area contributed by atoms with Crippen molar-refractivity contribution in [3.05, 3.63) is 35.9 Å². The topological polar surface area (TPSA) is 69.2 Å². The summed E-state index contributed by atoms with van der Waals surface area (Å²) in [5.74, 6) is -2.45. The van der Waals surface area contributed by atoms with Crippen LogP contribution in [0.4, 0.5) is 0 Å². The van der Waals surface area contributed by atoms with Crippen LogP contribution in [0.5, 0.6) is 0 Å². The van der Waals surface area contributed by atoms with E-state index in [0.717, 1.165) is 5.56 Å². The third-order valence-electron chi connectivity index (χ3n) is 2.13. The van der Waals surface area contributed by atoms with Gasteiger partial charge in [0.1, 0.15) is 0 Å². The fourth-order valence-corrected chi connectivity index (χ4v) is 1.45. The SMILES string of the molecule is O=C([O-])[C@@H](Cc1ccccc1)NC(=O)C(Cl)(Cl)Cl. The van der Waals surface area contributed by atoms with Crippen LogP contribution < -0.4 is 10.4 Å². The second-order valence-corrected chi connectivity index (χ2v) is 5.81. The van der Waals surface area contributed by atoms with E-state index in [1.165, 1.54) is 0 Å². The number of halogens is 3. The van der Waals surface area contributed by atoms with Crippen molar-refractivity contribution in [1.29, 1.82) is 0 Å². The van der Waals surface area contributed by atoms with E-state index >= 15 is 0 Å². The molecule has 0 heterocycles. The first kappa shape index (κ1) is 15.1. The number of carboxylic acid groups (broad SMARTS) is 1. The molecular weight excluding hydrogens is 300 g/mol. The number of rotatable bonds is 4. The molecule has 0 saturated heterocycles. The minimum absolute atomic E-state index is 0.0512. The first-order chi connectivity index (χ1) is 8.30. The maximum Gasteiger partial charge on any atom is 0.272 e. The van der Waals surface area contributed by atoms with E-state index in [1.807, 2.05) is 0 Å². The summed E-state index contributed by atoms with van der Waals surface area (Å²) >= 11 is 16.0. The molecule has 0 radical (unpaired) electrons. The van der Waals surface area contributed by atoms with Gasteiger partial charge in [0.05, 0.1) is 12.0 Å². The van der Waals surface area contributed by atoms with Gasteiger partial charge >= 0.3 is 0 Å². The zero-order valence-corrected chi connectivity index (χ0v) is 11.3. The number of carbonyl (C=O) groups excluding carboxylic acids is 2. The Balaban J connectivity index is 2.73. The van der Waals surface area contributed by atoms with Gasteiger partial charge in [0.25, 0.3) is 9.70 Å². The van der Waals surface area contributed by atoms with Gasteiger partial charge in [-0.1, -0.05) is 65.1 Å². The third kappa shape index (κ3) is 4.72. The molecule has 1 aromatic rings. The molecule has 0 spiro atoms. The average Bonchev–Trinajstić information content (AvgIpc) is 2.28. The lowest BCUT2D eigenvalue weighted by Gasteiger charge is -2.22. The Morgan fingerprint density at radius 2 is 1.78 bits per heavy atom. The van der Waals surface area contributed by atoms with Crippen molar-refractivity contribution in [2.24, 2.45) is 0 Å². The maximum absolute atomic E-state index is 11.4. The van der Waals surface area contributed by atoms with Crippen LogP contribution in [0.15, 0.2) is 30.3 Å². The molecule has 1 amide bonds. The van der Waals surface area contributed by atoms with E-state index in [9.17, 15) is 14.7 Å². The first-order valence-corrected chi connectivity index (χ1v) is 6.06. The summed E-state index contributed by atoms with van der Waals surface area (Å²) in [6.07, 6.45) is 0.0512. The van der Waals surface area contributed by atoms with Crippen molar-refractivity contribution in [1.82, 2.24) is 5.32 Å². The second-order valence-electron chi connectivity index (χ2n) is 3.53. The van der Waals surface area contributed by atoms with Gasteiger partial charge in [-0.25, -0.2) is 0 Å². The van der Waals surface area contributed by atoms with E-state index in [1.54, 1.807) is 30.3 Å². The Kier molecular flexibility index (Phi) is 5.26. The fourth-order valence-electron chi connectivity index (χ4n) is 1.28. The highest BCUT2D eigenvalue weighted by Crippen LogP contribution is 2.26. The van der Waals surface area contributed by atoms with Crippen LogP contribution in [0.2, 0.25) is 0 Å². The Morgan fingerprint density at radius 3 is 2.22 bits per heavy atom. The number of hydrogen-bond donors (Lipinski definition) is 1. The van der Waals surface area contributed by atoms with Gasteiger partial charge in [0.2, 0.25) is 0 Å². The number of nitrogens with one attached hydrogen (secondary N) is 1. The van der Waals surface area contributed by atoms with E-state index in [2.05, 4.69) is 5.32 Å². The van der Waals surface area contributed by atoms with Crippen molar-refractivity contribution in [2.75, 3.05) is 0 Å². The summed E-state index contributed by atoms with van der Waals surface area (Å²) in [5.41, 5.74) is 0.719. The Hall–Kier alpha value is -0.970. The summed E-state index contributed by atoms with van der Waals surface area (Å²) in [6, 6.07) is 7.47. The lowest BCUT2D eigenvalue weighted by molar-refractivity contribution is -0.308. The van der Waals surface area contributed by atoms with Crippen LogP contribution in [-0.4, -0.2) is 21.7 Å². The highest BCUT2D eigenvalue weighted by atomic mass is 35.6. The minimum Gasteiger partial charge on any atom is -0.548 e. The standard InChI is InChI=1S/C11H10Cl3NO3/c12-11(13,14)10(18)15-8(9(16)17)6-7-4-2-1-3-5-7/h1-5,8H,6H2,(H,15,18)(H,16,17)/p-1/t8-/m1/s1. The molecule has 1 N–H and O–H groups in total. The molecule has 98 valence electrons. The Labute approximate surface area is 119 Å². The fraction of sp³-hybridized carbons (Fsp3) is 0.273. The number of carbonyl (C=O) groups is 2. The maximum atomic E-state index is 11.4. The molecule has 0 bridgehead atoms. The van der Waals surface area contributed by atoms with Crippen molar-refractivity contribution in [3.8, 4) is 0 Å². The Bertz CT molecular complexity index is 431. The lowest BCUT2D eigenvalue weighted by Crippen LogP contribution is -2.52. The predicted octanol–water partition coefficient (Wildman–Crippen LogP) is 0.834. The molecule has 0 saturated carbocycles. The highest BCUT2D eigenvalue weighted by molar-refractivity contribution is 6.76. The van der Waals surface area contributed by atoms with Gasteiger partial charge in [-0.2, -0.15) is 0 Å². The van der Waals surface area contributed by atoms with E-state index in [-0.39, 0.29) is 6.42 Å². The molecule has 7 heteroatoms. The number of amides is 1. The zero-order valence-electron chi connectivity index (χ0n) is 9.03. The molecule has 1 atom stereocenters. The van der Waals surface area contributed by atoms with E-state index in [4.69, 9.17) is 34.8 Å². The quantitative estimate of drug-likeness (QED) is 0.838. The van der Waals surface area contributed by atoms with Crippen LogP contribution in [0, 0.1) is 0 Å². The molecule has 0 aliphatic rings. The summed E-state index contributed by atoms with van der Waals surface area (Å²) in [5, 5.41) is 13.0. The van der Waals surface area contributed by atoms with Gasteiger partial charge in [-0.05, 0) is 12.0 Å². The molecule has 1 aromatic carbocycles. The van der Waals surface area contributed by atoms with Gasteiger partial charge in [-0.3, -0.25) is 4.79 Å². The summed E-state index contributed by atoms with van der Waals surface area (Å²) in [4.78, 5) is 22.3. The first-order valence-electron chi connectivity index (χ1n) is 4.93.